The van der Waals surface area contributed by atoms with Crippen LogP contribution in [-0.2, 0) is 5.41 Å². The zero-order chi connectivity index (χ0) is 13.0. The fourth-order valence-electron chi connectivity index (χ4n) is 5.49. The van der Waals surface area contributed by atoms with E-state index in [0.29, 0.717) is 5.75 Å². The lowest BCUT2D eigenvalue weighted by atomic mass is 9.48. The molecule has 4 bridgehead atoms. The van der Waals surface area contributed by atoms with Crippen LogP contribution in [0.5, 0.6) is 11.5 Å². The van der Waals surface area contributed by atoms with E-state index in [-0.39, 0.29) is 11.2 Å². The molecule has 0 saturated heterocycles. The Labute approximate surface area is 114 Å². The van der Waals surface area contributed by atoms with Gasteiger partial charge in [0.15, 0.2) is 11.5 Å². The van der Waals surface area contributed by atoms with Crippen molar-refractivity contribution in [2.24, 2.45) is 17.8 Å². The van der Waals surface area contributed by atoms with Crippen molar-refractivity contribution in [2.75, 3.05) is 7.11 Å². The Hall–Kier alpha value is -1.18. The van der Waals surface area contributed by atoms with Crippen molar-refractivity contribution in [2.45, 2.75) is 43.9 Å². The summed E-state index contributed by atoms with van der Waals surface area (Å²) in [5.74, 6) is 3.63. The molecule has 0 aromatic heterocycles. The van der Waals surface area contributed by atoms with E-state index in [1.807, 2.05) is 6.07 Å². The Balaban J connectivity index is 1.81. The topological polar surface area (TPSA) is 29.5 Å². The molecule has 4 saturated carbocycles. The van der Waals surface area contributed by atoms with Gasteiger partial charge in [-0.15, -0.1) is 0 Å². The van der Waals surface area contributed by atoms with Crippen molar-refractivity contribution < 1.29 is 9.84 Å². The van der Waals surface area contributed by atoms with E-state index in [0.717, 1.165) is 23.3 Å². The molecule has 4 aliphatic rings. The highest BCUT2D eigenvalue weighted by Gasteiger charge is 2.52. The minimum Gasteiger partial charge on any atom is -0.504 e. The zero-order valence-corrected chi connectivity index (χ0v) is 11.5. The molecule has 1 aromatic carbocycles. The molecule has 19 heavy (non-hydrogen) atoms. The first-order chi connectivity index (χ1) is 9.20. The van der Waals surface area contributed by atoms with Gasteiger partial charge in [0, 0.05) is 11.0 Å². The summed E-state index contributed by atoms with van der Waals surface area (Å²) in [7, 11) is 1.66. The molecule has 101 valence electrons. The summed E-state index contributed by atoms with van der Waals surface area (Å²) in [6.07, 6.45) is 8.11. The second-order valence-corrected chi connectivity index (χ2v) is 6.97. The van der Waals surface area contributed by atoms with Gasteiger partial charge in [-0.3, -0.25) is 0 Å². The third kappa shape index (κ3) is 1.62. The monoisotopic (exact) mass is 257 g/mol. The molecule has 0 amide bonds. The van der Waals surface area contributed by atoms with Gasteiger partial charge in [-0.2, -0.15) is 0 Å². The lowest BCUT2D eigenvalue weighted by molar-refractivity contribution is -0.00641. The lowest BCUT2D eigenvalue weighted by Crippen LogP contribution is -2.48. The van der Waals surface area contributed by atoms with Gasteiger partial charge in [0.1, 0.15) is 0 Å². The van der Waals surface area contributed by atoms with Crippen molar-refractivity contribution in [3.63, 3.8) is 0 Å². The van der Waals surface area contributed by atoms with Crippen LogP contribution in [0.15, 0.2) is 12.1 Å². The summed E-state index contributed by atoms with van der Waals surface area (Å²) in [4.78, 5) is 0. The number of ether oxygens (including phenoxy) is 1. The minimum atomic E-state index is 0.235. The SMILES string of the molecule is COc1c(C23CC4CC(CC(C4)C2)C3)[c]ccc1O. The summed E-state index contributed by atoms with van der Waals surface area (Å²) in [6.45, 7) is 0. The van der Waals surface area contributed by atoms with Gasteiger partial charge in [-0.1, -0.05) is 6.07 Å². The molecule has 0 aliphatic heterocycles. The number of phenols is 1. The van der Waals surface area contributed by atoms with Crippen LogP contribution in [0.1, 0.15) is 44.1 Å². The minimum absolute atomic E-state index is 0.235. The van der Waals surface area contributed by atoms with Crippen LogP contribution in [0.2, 0.25) is 0 Å². The van der Waals surface area contributed by atoms with Crippen molar-refractivity contribution in [1.29, 1.82) is 0 Å². The molecule has 2 heteroatoms. The second-order valence-electron chi connectivity index (χ2n) is 6.97. The summed E-state index contributed by atoms with van der Waals surface area (Å²) < 4.78 is 5.48. The summed E-state index contributed by atoms with van der Waals surface area (Å²) >= 11 is 0. The average Bonchev–Trinajstić information content (AvgIpc) is 2.36. The maximum atomic E-state index is 10.0. The first-order valence-corrected chi connectivity index (χ1v) is 7.48. The first-order valence-electron chi connectivity index (χ1n) is 7.48. The van der Waals surface area contributed by atoms with Gasteiger partial charge in [-0.25, -0.2) is 0 Å². The van der Waals surface area contributed by atoms with Crippen LogP contribution in [0.25, 0.3) is 0 Å². The van der Waals surface area contributed by atoms with Crippen LogP contribution in [-0.4, -0.2) is 12.2 Å². The molecule has 2 nitrogen and oxygen atoms in total. The number of methoxy groups -OCH3 is 1. The lowest BCUT2D eigenvalue weighted by Gasteiger charge is -2.57. The average molecular weight is 257 g/mol. The predicted molar refractivity (Wildman–Crippen MR) is 73.3 cm³/mol. The maximum Gasteiger partial charge on any atom is 0.164 e. The molecule has 4 aliphatic carbocycles. The highest BCUT2D eigenvalue weighted by molar-refractivity contribution is 5.49. The van der Waals surface area contributed by atoms with Gasteiger partial charge in [0.05, 0.1) is 7.11 Å². The number of aromatic hydroxyl groups is 1. The maximum absolute atomic E-state index is 10.0. The second kappa shape index (κ2) is 3.91. The Morgan fingerprint density at radius 3 is 2.26 bits per heavy atom. The van der Waals surface area contributed by atoms with Crippen LogP contribution in [0.4, 0.5) is 0 Å². The molecular formula is C17H21O2. The fraction of sp³-hybridized carbons (Fsp3) is 0.647. The standard InChI is InChI=1S/C17H21O2/c1-19-16-14(3-2-4-15(16)18)17-8-11-5-12(9-17)7-13(6-11)10-17/h2,4,11-13,18H,5-10H2,1H3. The van der Waals surface area contributed by atoms with Gasteiger partial charge in [0.2, 0.25) is 0 Å². The van der Waals surface area contributed by atoms with E-state index in [1.54, 1.807) is 13.2 Å². The Kier molecular flexibility index (Phi) is 2.39. The third-order valence-electron chi connectivity index (χ3n) is 5.70. The van der Waals surface area contributed by atoms with Crippen LogP contribution < -0.4 is 4.74 Å². The van der Waals surface area contributed by atoms with Crippen molar-refractivity contribution >= 4 is 0 Å². The molecule has 5 rings (SSSR count). The molecule has 0 spiro atoms. The van der Waals surface area contributed by atoms with Crippen molar-refractivity contribution in [3.8, 4) is 11.5 Å². The van der Waals surface area contributed by atoms with E-state index in [4.69, 9.17) is 4.74 Å². The largest absolute Gasteiger partial charge is 0.504 e. The number of hydrogen-bond donors (Lipinski definition) is 1. The van der Waals surface area contributed by atoms with E-state index >= 15 is 0 Å². The van der Waals surface area contributed by atoms with Gasteiger partial charge in [0.25, 0.3) is 0 Å². The predicted octanol–water partition coefficient (Wildman–Crippen LogP) is 3.67. The first kappa shape index (κ1) is 11.6. The molecule has 4 fully saturated rings. The number of benzene rings is 1. The molecular weight excluding hydrogens is 236 g/mol. The number of phenolic OH excluding ortho intramolecular Hbond substituents is 1. The normalized spacial score (nSPS) is 39.5. The van der Waals surface area contributed by atoms with Crippen molar-refractivity contribution in [1.82, 2.24) is 0 Å². The molecule has 0 atom stereocenters. The molecule has 0 heterocycles. The number of rotatable bonds is 2. The molecule has 1 radical (unpaired) electrons. The van der Waals surface area contributed by atoms with Crippen LogP contribution >= 0.6 is 0 Å². The third-order valence-corrected chi connectivity index (χ3v) is 5.70. The summed E-state index contributed by atoms with van der Waals surface area (Å²) in [5.41, 5.74) is 1.38. The quantitative estimate of drug-likeness (QED) is 0.876. The van der Waals surface area contributed by atoms with Gasteiger partial charge in [-0.05, 0) is 68.4 Å². The Morgan fingerprint density at radius 2 is 1.74 bits per heavy atom. The van der Waals surface area contributed by atoms with E-state index in [2.05, 4.69) is 6.07 Å². The highest BCUT2D eigenvalue weighted by atomic mass is 16.5. The van der Waals surface area contributed by atoms with Crippen molar-refractivity contribution in [3.05, 3.63) is 23.8 Å². The fourth-order valence-corrected chi connectivity index (χ4v) is 5.49. The molecule has 1 N–H and O–H groups in total. The van der Waals surface area contributed by atoms with Crippen LogP contribution in [0.3, 0.4) is 0 Å². The Morgan fingerprint density at radius 1 is 1.16 bits per heavy atom. The molecule has 1 aromatic rings. The Bertz CT molecular complexity index is 471. The van der Waals surface area contributed by atoms with E-state index in [1.165, 1.54) is 38.5 Å². The van der Waals surface area contributed by atoms with E-state index in [9.17, 15) is 5.11 Å². The van der Waals surface area contributed by atoms with Gasteiger partial charge < -0.3 is 9.84 Å². The zero-order valence-electron chi connectivity index (χ0n) is 11.5. The molecule has 0 unspecified atom stereocenters. The summed E-state index contributed by atoms with van der Waals surface area (Å²) in [6, 6.07) is 6.94. The highest BCUT2D eigenvalue weighted by Crippen LogP contribution is 2.62. The number of hydrogen-bond acceptors (Lipinski definition) is 2. The van der Waals surface area contributed by atoms with E-state index < -0.39 is 0 Å². The van der Waals surface area contributed by atoms with Crippen LogP contribution in [0, 0.1) is 23.8 Å². The van der Waals surface area contributed by atoms with Gasteiger partial charge >= 0.3 is 0 Å². The smallest absolute Gasteiger partial charge is 0.164 e. The summed E-state index contributed by atoms with van der Waals surface area (Å²) in [5, 5.41) is 10.0.